The number of aromatic nitrogens is 3. The number of anilines is 3. The summed E-state index contributed by atoms with van der Waals surface area (Å²) in [5.41, 5.74) is 1.01. The summed E-state index contributed by atoms with van der Waals surface area (Å²) in [6.07, 6.45) is 1.48. The van der Waals surface area contributed by atoms with Crippen molar-refractivity contribution in [2.24, 2.45) is 5.41 Å². The Labute approximate surface area is 173 Å². The van der Waals surface area contributed by atoms with Gasteiger partial charge in [-0.25, -0.2) is 4.98 Å². The molecule has 4 rings (SSSR count). The van der Waals surface area contributed by atoms with Crippen LogP contribution >= 0.6 is 0 Å². The van der Waals surface area contributed by atoms with Crippen LogP contribution in [-0.2, 0) is 0 Å². The summed E-state index contributed by atoms with van der Waals surface area (Å²) in [6.45, 7) is 4.19. The number of hydrogen-bond acceptors (Lipinski definition) is 8. The summed E-state index contributed by atoms with van der Waals surface area (Å²) in [5, 5.41) is 22.8. The molecule has 0 unspecified atom stereocenters. The highest BCUT2D eigenvalue weighted by Gasteiger charge is 2.22. The lowest BCUT2D eigenvalue weighted by molar-refractivity contribution is 0.0912. The maximum atomic E-state index is 12.7. The Morgan fingerprint density at radius 1 is 1.33 bits per heavy atom. The lowest BCUT2D eigenvalue weighted by Gasteiger charge is -2.21. The van der Waals surface area contributed by atoms with Crippen molar-refractivity contribution >= 4 is 28.9 Å². The van der Waals surface area contributed by atoms with E-state index in [1.165, 1.54) is 6.20 Å². The summed E-state index contributed by atoms with van der Waals surface area (Å²) < 4.78 is 12.5. The molecule has 0 radical (unpaired) electrons. The molecule has 3 heterocycles. The summed E-state index contributed by atoms with van der Waals surface area (Å²) in [6, 6.07) is 7.33. The van der Waals surface area contributed by atoms with E-state index in [2.05, 4.69) is 26.0 Å². The predicted molar refractivity (Wildman–Crippen MR) is 112 cm³/mol. The molecule has 0 spiro atoms. The molecule has 0 saturated heterocycles. The highest BCUT2D eigenvalue weighted by molar-refractivity contribution is 6.00. The minimum Gasteiger partial charge on any atom is -0.454 e. The van der Waals surface area contributed by atoms with Gasteiger partial charge in [-0.2, -0.15) is 9.61 Å². The Morgan fingerprint density at radius 2 is 2.17 bits per heavy atom. The van der Waals surface area contributed by atoms with Crippen LogP contribution in [0.2, 0.25) is 0 Å². The fourth-order valence-corrected chi connectivity index (χ4v) is 3.00. The molecule has 158 valence electrons. The largest absolute Gasteiger partial charge is 0.454 e. The molecule has 1 amide bonds. The Bertz CT molecular complexity index is 1090. The number of para-hydroxylation sites is 1. The van der Waals surface area contributed by atoms with Gasteiger partial charge in [0, 0.05) is 31.7 Å². The molecule has 1 aromatic carbocycles. The molecule has 0 aliphatic carbocycles. The van der Waals surface area contributed by atoms with Gasteiger partial charge in [0.05, 0.1) is 11.9 Å². The van der Waals surface area contributed by atoms with Gasteiger partial charge in [-0.05, 0) is 12.1 Å². The smallest absolute Gasteiger partial charge is 0.256 e. The predicted octanol–water partition coefficient (Wildman–Crippen LogP) is 1.99. The summed E-state index contributed by atoms with van der Waals surface area (Å²) >= 11 is 0. The summed E-state index contributed by atoms with van der Waals surface area (Å²) in [5.74, 6) is 2.13. The van der Waals surface area contributed by atoms with Crippen molar-refractivity contribution in [1.82, 2.24) is 19.9 Å². The number of benzene rings is 1. The zero-order valence-electron chi connectivity index (χ0n) is 17.0. The molecular formula is C20H24N6O4. The third kappa shape index (κ3) is 3.69. The van der Waals surface area contributed by atoms with Crippen LogP contribution in [0.15, 0.2) is 30.5 Å². The number of carbonyl (C=O) groups excluding carboxylic acids is 1. The van der Waals surface area contributed by atoms with Crippen LogP contribution in [-0.4, -0.2) is 52.6 Å². The zero-order chi connectivity index (χ0) is 21.3. The van der Waals surface area contributed by atoms with Gasteiger partial charge in [-0.3, -0.25) is 4.79 Å². The van der Waals surface area contributed by atoms with Gasteiger partial charge in [0.2, 0.25) is 6.79 Å². The second-order valence-corrected chi connectivity index (χ2v) is 7.74. The highest BCUT2D eigenvalue weighted by Crippen LogP contribution is 2.40. The van der Waals surface area contributed by atoms with Gasteiger partial charge in [0.15, 0.2) is 17.1 Å². The molecule has 0 bridgehead atoms. The minimum absolute atomic E-state index is 0.0363. The third-order valence-electron chi connectivity index (χ3n) is 4.79. The Morgan fingerprint density at radius 3 is 2.93 bits per heavy atom. The first-order valence-corrected chi connectivity index (χ1v) is 9.53. The first kappa shape index (κ1) is 19.8. The van der Waals surface area contributed by atoms with E-state index in [9.17, 15) is 9.90 Å². The molecule has 0 fully saturated rings. The third-order valence-corrected chi connectivity index (χ3v) is 4.79. The molecule has 0 saturated carbocycles. The molecule has 1 aliphatic rings. The van der Waals surface area contributed by atoms with Crippen LogP contribution in [0.1, 0.15) is 24.2 Å². The van der Waals surface area contributed by atoms with Gasteiger partial charge in [-0.1, -0.05) is 19.9 Å². The van der Waals surface area contributed by atoms with E-state index >= 15 is 0 Å². The number of aliphatic hydroxyl groups excluding tert-OH is 1. The number of fused-ring (bicyclic) bond motifs is 2. The fraction of sp³-hybridized carbons (Fsp3) is 0.350. The van der Waals surface area contributed by atoms with Crippen molar-refractivity contribution < 1.29 is 19.4 Å². The second kappa shape index (κ2) is 7.71. The van der Waals surface area contributed by atoms with Crippen LogP contribution in [0.5, 0.6) is 11.5 Å². The molecule has 1 aliphatic heterocycles. The SMILES string of the molecule is CNc1cc(Nc2cccc3c2OCO3)nc2c(C(=O)NCC(C)(C)CO)cnn12. The van der Waals surface area contributed by atoms with Crippen LogP contribution in [0.4, 0.5) is 17.3 Å². The molecule has 4 N–H and O–H groups in total. The Balaban J connectivity index is 1.67. The van der Waals surface area contributed by atoms with E-state index in [1.54, 1.807) is 17.6 Å². The maximum Gasteiger partial charge on any atom is 0.256 e. The van der Waals surface area contributed by atoms with E-state index in [4.69, 9.17) is 9.47 Å². The van der Waals surface area contributed by atoms with Gasteiger partial charge in [0.25, 0.3) is 5.91 Å². The molecule has 2 aromatic heterocycles. The minimum atomic E-state index is -0.426. The molecule has 10 nitrogen and oxygen atoms in total. The van der Waals surface area contributed by atoms with E-state index < -0.39 is 5.41 Å². The molecule has 0 atom stereocenters. The van der Waals surface area contributed by atoms with Gasteiger partial charge >= 0.3 is 0 Å². The van der Waals surface area contributed by atoms with E-state index in [1.807, 2.05) is 32.0 Å². The number of nitrogens with one attached hydrogen (secondary N) is 3. The first-order valence-electron chi connectivity index (χ1n) is 9.53. The highest BCUT2D eigenvalue weighted by atomic mass is 16.7. The van der Waals surface area contributed by atoms with E-state index in [0.29, 0.717) is 46.6 Å². The topological polar surface area (TPSA) is 122 Å². The zero-order valence-corrected chi connectivity index (χ0v) is 17.0. The lowest BCUT2D eigenvalue weighted by atomic mass is 9.95. The average Bonchev–Trinajstić information content (AvgIpc) is 3.39. The van der Waals surface area contributed by atoms with Crippen molar-refractivity contribution in [2.45, 2.75) is 13.8 Å². The quantitative estimate of drug-likeness (QED) is 0.465. The number of rotatable bonds is 7. The lowest BCUT2D eigenvalue weighted by Crippen LogP contribution is -2.36. The van der Waals surface area contributed by atoms with Crippen molar-refractivity contribution in [3.05, 3.63) is 36.0 Å². The van der Waals surface area contributed by atoms with Gasteiger partial charge in [-0.15, -0.1) is 0 Å². The van der Waals surface area contributed by atoms with Crippen LogP contribution < -0.4 is 25.4 Å². The first-order chi connectivity index (χ1) is 14.4. The summed E-state index contributed by atoms with van der Waals surface area (Å²) in [7, 11) is 1.76. The van der Waals surface area contributed by atoms with E-state index in [-0.39, 0.29) is 19.3 Å². The Kier molecular flexibility index (Phi) is 5.08. The van der Waals surface area contributed by atoms with Crippen molar-refractivity contribution in [3.63, 3.8) is 0 Å². The van der Waals surface area contributed by atoms with Gasteiger partial charge in [0.1, 0.15) is 17.2 Å². The molecule has 3 aromatic rings. The molecule has 10 heteroatoms. The van der Waals surface area contributed by atoms with Gasteiger partial charge < -0.3 is 30.5 Å². The van der Waals surface area contributed by atoms with Crippen molar-refractivity contribution in [1.29, 1.82) is 0 Å². The number of nitrogens with zero attached hydrogens (tertiary/aromatic N) is 3. The number of amides is 1. The maximum absolute atomic E-state index is 12.7. The Hall–Kier alpha value is -3.53. The van der Waals surface area contributed by atoms with Crippen LogP contribution in [0.25, 0.3) is 5.65 Å². The fourth-order valence-electron chi connectivity index (χ4n) is 3.00. The number of carbonyl (C=O) groups is 1. The van der Waals surface area contributed by atoms with Crippen LogP contribution in [0.3, 0.4) is 0 Å². The standard InChI is InChI=1S/C20H24N6O4/c1-20(2,10-27)9-22-19(28)12-8-23-26-16(21-3)7-15(25-18(12)26)24-13-5-4-6-14-17(13)30-11-29-14/h4-8,21,27H,9-11H2,1-3H3,(H,22,28)(H,24,25). The van der Waals surface area contributed by atoms with Crippen molar-refractivity contribution in [2.75, 3.05) is 37.6 Å². The molecular weight excluding hydrogens is 388 g/mol. The van der Waals surface area contributed by atoms with Crippen LogP contribution in [0, 0.1) is 5.41 Å². The second-order valence-electron chi connectivity index (χ2n) is 7.74. The normalized spacial score (nSPS) is 12.8. The van der Waals surface area contributed by atoms with E-state index in [0.717, 1.165) is 0 Å². The van der Waals surface area contributed by atoms with Crippen molar-refractivity contribution in [3.8, 4) is 11.5 Å². The average molecular weight is 412 g/mol. The monoisotopic (exact) mass is 412 g/mol. The molecule has 30 heavy (non-hydrogen) atoms. The number of hydrogen-bond donors (Lipinski definition) is 4. The number of ether oxygens (including phenoxy) is 2. The number of aliphatic hydroxyl groups is 1. The summed E-state index contributed by atoms with van der Waals surface area (Å²) in [4.78, 5) is 17.3.